The highest BCUT2D eigenvalue weighted by Gasteiger charge is 2.07. The third kappa shape index (κ3) is 3.84. The second-order valence-corrected chi connectivity index (χ2v) is 5.32. The fourth-order valence-electron chi connectivity index (χ4n) is 1.34. The first-order valence-electron chi connectivity index (χ1n) is 5.50. The lowest BCUT2D eigenvalue weighted by Gasteiger charge is -2.00. The van der Waals surface area contributed by atoms with E-state index in [0.29, 0.717) is 0 Å². The Labute approximate surface area is 102 Å². The van der Waals surface area contributed by atoms with Crippen molar-refractivity contribution in [3.63, 3.8) is 0 Å². The van der Waals surface area contributed by atoms with Crippen molar-refractivity contribution < 1.29 is 8.42 Å². The van der Waals surface area contributed by atoms with Gasteiger partial charge in [0.2, 0.25) is 10.0 Å². The van der Waals surface area contributed by atoms with Gasteiger partial charge in [-0.25, -0.2) is 13.6 Å². The molecule has 2 aromatic carbocycles. The number of fused-ring (bicyclic) bond motifs is 1. The Morgan fingerprint density at radius 2 is 1.53 bits per heavy atom. The largest absolute Gasteiger partial charge is 0.238 e. The van der Waals surface area contributed by atoms with Gasteiger partial charge in [0.1, 0.15) is 0 Å². The molecule has 2 N–H and O–H groups in total. The fourth-order valence-corrected chi connectivity index (χ4v) is 1.89. The number of benzene rings is 2. The molecule has 0 bridgehead atoms. The Morgan fingerprint density at radius 1 is 1.00 bits per heavy atom. The Hall–Kier alpha value is -1.39. The van der Waals surface area contributed by atoms with E-state index in [2.05, 4.69) is 13.8 Å². The molecule has 2 rings (SSSR count). The molecule has 92 valence electrons. The molecule has 2 aromatic rings. The summed E-state index contributed by atoms with van der Waals surface area (Å²) >= 11 is 0. The molecule has 3 nitrogen and oxygen atoms in total. The molecule has 4 heteroatoms. The summed E-state index contributed by atoms with van der Waals surface area (Å²) < 4.78 is 22.1. The Morgan fingerprint density at radius 3 is 2.06 bits per heavy atom. The van der Waals surface area contributed by atoms with E-state index in [1.807, 2.05) is 24.3 Å². The average molecular weight is 251 g/mol. The molecule has 0 saturated carbocycles. The van der Waals surface area contributed by atoms with Crippen LogP contribution in [0.3, 0.4) is 0 Å². The predicted molar refractivity (Wildman–Crippen MR) is 71.3 cm³/mol. The second kappa shape index (κ2) is 5.80. The first kappa shape index (κ1) is 13.7. The Kier molecular flexibility index (Phi) is 4.66. The number of rotatable bonds is 1. The summed E-state index contributed by atoms with van der Waals surface area (Å²) in [4.78, 5) is 0.149. The van der Waals surface area contributed by atoms with E-state index >= 15 is 0 Å². The minimum absolute atomic E-state index is 0.149. The maximum absolute atomic E-state index is 11.1. The van der Waals surface area contributed by atoms with Crippen molar-refractivity contribution in [3.05, 3.63) is 42.5 Å². The van der Waals surface area contributed by atoms with Crippen LogP contribution in [0.5, 0.6) is 0 Å². The van der Waals surface area contributed by atoms with Crippen LogP contribution in [0.25, 0.3) is 10.8 Å². The average Bonchev–Trinajstić information content (AvgIpc) is 2.28. The van der Waals surface area contributed by atoms with Gasteiger partial charge in [-0.15, -0.1) is 0 Å². The van der Waals surface area contributed by atoms with Crippen LogP contribution in [0.4, 0.5) is 0 Å². The molecule has 0 radical (unpaired) electrons. The van der Waals surface area contributed by atoms with Crippen molar-refractivity contribution in [1.29, 1.82) is 0 Å². The van der Waals surface area contributed by atoms with E-state index in [-0.39, 0.29) is 4.90 Å². The zero-order chi connectivity index (χ0) is 12.9. The Balaban J connectivity index is 0.000000437. The van der Waals surface area contributed by atoms with Crippen molar-refractivity contribution >= 4 is 20.8 Å². The normalized spacial score (nSPS) is 10.8. The van der Waals surface area contributed by atoms with Crippen molar-refractivity contribution in [3.8, 4) is 0 Å². The number of hydrogen-bond donors (Lipinski definition) is 1. The van der Waals surface area contributed by atoms with Crippen LogP contribution in [0.15, 0.2) is 47.4 Å². The summed E-state index contributed by atoms with van der Waals surface area (Å²) in [5.41, 5.74) is 0. The third-order valence-electron chi connectivity index (χ3n) is 2.05. The van der Waals surface area contributed by atoms with E-state index in [1.165, 1.54) is 12.5 Å². The van der Waals surface area contributed by atoms with Crippen molar-refractivity contribution in [1.82, 2.24) is 0 Å². The summed E-state index contributed by atoms with van der Waals surface area (Å²) in [5.74, 6) is 0. The van der Waals surface area contributed by atoms with Crippen molar-refractivity contribution in [2.24, 2.45) is 5.14 Å². The van der Waals surface area contributed by atoms with Gasteiger partial charge < -0.3 is 0 Å². The summed E-state index contributed by atoms with van der Waals surface area (Å²) in [7, 11) is -3.59. The molecular weight excluding hydrogens is 234 g/mol. The molecule has 0 atom stereocenters. The van der Waals surface area contributed by atoms with Crippen LogP contribution >= 0.6 is 0 Å². The van der Waals surface area contributed by atoms with Crippen LogP contribution in [0, 0.1) is 0 Å². The molecule has 0 aromatic heterocycles. The van der Waals surface area contributed by atoms with Crippen LogP contribution in [-0.4, -0.2) is 8.42 Å². The molecular formula is C13H17NO2S. The van der Waals surface area contributed by atoms with Gasteiger partial charge in [-0.3, -0.25) is 0 Å². The van der Waals surface area contributed by atoms with Gasteiger partial charge in [0.05, 0.1) is 4.90 Å². The third-order valence-corrected chi connectivity index (χ3v) is 2.96. The summed E-state index contributed by atoms with van der Waals surface area (Å²) in [6, 6.07) is 12.4. The predicted octanol–water partition coefficient (Wildman–Crippen LogP) is 2.90. The number of nitrogens with two attached hydrogens (primary N) is 1. The van der Waals surface area contributed by atoms with Gasteiger partial charge in [0, 0.05) is 0 Å². The van der Waals surface area contributed by atoms with E-state index in [9.17, 15) is 8.42 Å². The van der Waals surface area contributed by atoms with Gasteiger partial charge in [-0.1, -0.05) is 50.6 Å². The fraction of sp³-hybridized carbons (Fsp3) is 0.231. The van der Waals surface area contributed by atoms with E-state index in [4.69, 9.17) is 5.14 Å². The van der Waals surface area contributed by atoms with Crippen LogP contribution in [-0.2, 0) is 10.0 Å². The number of primary sulfonamides is 1. The van der Waals surface area contributed by atoms with Gasteiger partial charge in [0.25, 0.3) is 0 Å². The number of hydrogen-bond acceptors (Lipinski definition) is 2. The van der Waals surface area contributed by atoms with E-state index < -0.39 is 10.0 Å². The minimum Gasteiger partial charge on any atom is -0.225 e. The van der Waals surface area contributed by atoms with Crippen LogP contribution < -0.4 is 5.14 Å². The molecule has 0 aliphatic heterocycles. The standard InChI is InChI=1S/C10H9NO2S.C3H8/c11-14(12,13)10-6-5-8-3-1-2-4-9(8)7-10;1-3-2/h1-7H,(H2,11,12,13);3H2,1-2H3. The monoisotopic (exact) mass is 251 g/mol. The van der Waals surface area contributed by atoms with Gasteiger partial charge in [0.15, 0.2) is 0 Å². The molecule has 0 unspecified atom stereocenters. The molecule has 0 aliphatic carbocycles. The van der Waals surface area contributed by atoms with Crippen molar-refractivity contribution in [2.45, 2.75) is 25.2 Å². The second-order valence-electron chi connectivity index (χ2n) is 3.76. The maximum atomic E-state index is 11.1. The van der Waals surface area contributed by atoms with E-state index in [1.54, 1.807) is 12.1 Å². The highest BCUT2D eigenvalue weighted by Crippen LogP contribution is 2.17. The highest BCUT2D eigenvalue weighted by atomic mass is 32.2. The van der Waals surface area contributed by atoms with Gasteiger partial charge in [-0.2, -0.15) is 0 Å². The summed E-state index contributed by atoms with van der Waals surface area (Å²) in [5, 5.41) is 6.89. The smallest absolute Gasteiger partial charge is 0.225 e. The molecule has 17 heavy (non-hydrogen) atoms. The minimum atomic E-state index is -3.59. The van der Waals surface area contributed by atoms with Crippen molar-refractivity contribution in [2.75, 3.05) is 0 Å². The van der Waals surface area contributed by atoms with Gasteiger partial charge in [-0.05, 0) is 22.9 Å². The molecule has 0 heterocycles. The Bertz CT molecular complexity index is 591. The number of sulfonamides is 1. The summed E-state index contributed by atoms with van der Waals surface area (Å²) in [6.07, 6.45) is 1.25. The maximum Gasteiger partial charge on any atom is 0.238 e. The quantitative estimate of drug-likeness (QED) is 0.847. The molecule has 0 aliphatic rings. The van der Waals surface area contributed by atoms with Crippen LogP contribution in [0.2, 0.25) is 0 Å². The zero-order valence-electron chi connectivity index (χ0n) is 10.1. The van der Waals surface area contributed by atoms with Gasteiger partial charge >= 0.3 is 0 Å². The first-order valence-corrected chi connectivity index (χ1v) is 7.05. The summed E-state index contributed by atoms with van der Waals surface area (Å²) in [6.45, 7) is 4.25. The highest BCUT2D eigenvalue weighted by molar-refractivity contribution is 7.89. The lowest BCUT2D eigenvalue weighted by Crippen LogP contribution is -2.11. The zero-order valence-corrected chi connectivity index (χ0v) is 10.9. The molecule has 0 amide bonds. The van der Waals surface area contributed by atoms with Crippen LogP contribution in [0.1, 0.15) is 20.3 Å². The van der Waals surface area contributed by atoms with E-state index in [0.717, 1.165) is 10.8 Å². The first-order chi connectivity index (χ1) is 7.99. The topological polar surface area (TPSA) is 60.2 Å². The SMILES string of the molecule is CCC.NS(=O)(=O)c1ccc2ccccc2c1. The lowest BCUT2D eigenvalue weighted by atomic mass is 10.1. The molecule has 0 fully saturated rings. The molecule has 0 saturated heterocycles. The molecule has 0 spiro atoms. The lowest BCUT2D eigenvalue weighted by molar-refractivity contribution is 0.598.